The van der Waals surface area contributed by atoms with Gasteiger partial charge in [0.25, 0.3) is 0 Å². The van der Waals surface area contributed by atoms with E-state index in [0.717, 1.165) is 0 Å². The smallest absolute Gasteiger partial charge is 0.211 e. The van der Waals surface area contributed by atoms with Gasteiger partial charge in [-0.25, -0.2) is 26.3 Å². The van der Waals surface area contributed by atoms with Gasteiger partial charge in [0.15, 0.2) is 4.90 Å². The zero-order valence-corrected chi connectivity index (χ0v) is 10.5. The summed E-state index contributed by atoms with van der Waals surface area (Å²) >= 11 is 0. The minimum absolute atomic E-state index is 0.0153. The second-order valence-electron chi connectivity index (χ2n) is 2.70. The number of hydrogen-bond donors (Lipinski definition) is 1. The number of sulfonamides is 1. The Labute approximate surface area is 98.7 Å². The third kappa shape index (κ3) is 4.01. The number of hydrogen-bond acceptors (Lipinski definition) is 2. The van der Waals surface area contributed by atoms with Gasteiger partial charge in [-0.1, -0.05) is 20.8 Å². The third-order valence-corrected chi connectivity index (χ3v) is 3.16. The van der Waals surface area contributed by atoms with Gasteiger partial charge in [-0.3, -0.25) is 0 Å². The predicted molar refractivity (Wildman–Crippen MR) is 58.5 cm³/mol. The first-order valence-corrected chi connectivity index (χ1v) is 6.51. The molecule has 3 nitrogen and oxygen atoms in total. The van der Waals surface area contributed by atoms with Crippen molar-refractivity contribution in [3.05, 3.63) is 29.6 Å². The molecule has 0 aliphatic carbocycles. The first-order chi connectivity index (χ1) is 7.88. The Balaban J connectivity index is 0.00000121. The zero-order chi connectivity index (χ0) is 13.6. The van der Waals surface area contributed by atoms with Gasteiger partial charge in [-0.2, -0.15) is 0 Å². The van der Waals surface area contributed by atoms with Crippen LogP contribution in [-0.2, 0) is 10.0 Å². The van der Waals surface area contributed by atoms with Crippen molar-refractivity contribution in [1.82, 2.24) is 4.72 Å². The standard InChI is InChI=1S/C8H8F3NO2S.C2H6/c1-2-12-15(13,14)8-6(10)3-5(9)4-7(8)11;1-2/h3-4,12H,2H2,1H3;1-2H3. The zero-order valence-electron chi connectivity index (χ0n) is 9.72. The Morgan fingerprint density at radius 2 is 1.53 bits per heavy atom. The Bertz CT molecular complexity index is 451. The van der Waals surface area contributed by atoms with Gasteiger partial charge in [0, 0.05) is 18.7 Å². The normalized spacial score (nSPS) is 10.7. The lowest BCUT2D eigenvalue weighted by Gasteiger charge is -2.06. The van der Waals surface area contributed by atoms with Crippen molar-refractivity contribution in [2.24, 2.45) is 0 Å². The van der Waals surface area contributed by atoms with Crippen LogP contribution in [0.5, 0.6) is 0 Å². The highest BCUT2D eigenvalue weighted by molar-refractivity contribution is 7.89. The average molecular weight is 269 g/mol. The summed E-state index contributed by atoms with van der Waals surface area (Å²) < 4.78 is 63.0. The van der Waals surface area contributed by atoms with Crippen molar-refractivity contribution in [3.63, 3.8) is 0 Å². The lowest BCUT2D eigenvalue weighted by Crippen LogP contribution is -2.25. The minimum Gasteiger partial charge on any atom is -0.211 e. The number of benzene rings is 1. The maximum Gasteiger partial charge on any atom is 0.246 e. The van der Waals surface area contributed by atoms with Crippen molar-refractivity contribution in [2.45, 2.75) is 25.7 Å². The van der Waals surface area contributed by atoms with Gasteiger partial charge >= 0.3 is 0 Å². The van der Waals surface area contributed by atoms with Gasteiger partial charge in [-0.15, -0.1) is 0 Å². The molecule has 0 saturated heterocycles. The van der Waals surface area contributed by atoms with E-state index >= 15 is 0 Å². The molecule has 0 atom stereocenters. The lowest BCUT2D eigenvalue weighted by molar-refractivity contribution is 0.494. The molecule has 0 unspecified atom stereocenters. The highest BCUT2D eigenvalue weighted by Gasteiger charge is 2.24. The van der Waals surface area contributed by atoms with Crippen LogP contribution >= 0.6 is 0 Å². The number of halogens is 3. The fraction of sp³-hybridized carbons (Fsp3) is 0.400. The van der Waals surface area contributed by atoms with Gasteiger partial charge < -0.3 is 0 Å². The summed E-state index contributed by atoms with van der Waals surface area (Å²) in [7, 11) is -4.26. The molecule has 7 heteroatoms. The summed E-state index contributed by atoms with van der Waals surface area (Å²) in [6, 6.07) is 0.626. The van der Waals surface area contributed by atoms with Crippen molar-refractivity contribution in [2.75, 3.05) is 6.54 Å². The highest BCUT2D eigenvalue weighted by Crippen LogP contribution is 2.19. The molecule has 0 spiro atoms. The molecular formula is C10H14F3NO2S. The molecule has 1 aromatic rings. The van der Waals surface area contributed by atoms with Crippen LogP contribution in [-0.4, -0.2) is 15.0 Å². The molecule has 1 rings (SSSR count). The number of rotatable bonds is 3. The van der Waals surface area contributed by atoms with Gasteiger partial charge in [0.05, 0.1) is 0 Å². The molecule has 0 radical (unpaired) electrons. The Hall–Kier alpha value is -1.08. The predicted octanol–water partition coefficient (Wildman–Crippen LogP) is 2.43. The van der Waals surface area contributed by atoms with E-state index < -0.39 is 32.4 Å². The van der Waals surface area contributed by atoms with E-state index in [1.54, 1.807) is 0 Å². The molecule has 1 aromatic carbocycles. The molecule has 98 valence electrons. The van der Waals surface area contributed by atoms with E-state index in [-0.39, 0.29) is 6.54 Å². The molecule has 0 amide bonds. The van der Waals surface area contributed by atoms with Crippen LogP contribution in [0.2, 0.25) is 0 Å². The Kier molecular flexibility index (Phi) is 6.19. The number of nitrogens with one attached hydrogen (secondary N) is 1. The quantitative estimate of drug-likeness (QED) is 0.916. The maximum absolute atomic E-state index is 13.0. The lowest BCUT2D eigenvalue weighted by atomic mass is 10.3. The summed E-state index contributed by atoms with van der Waals surface area (Å²) in [5, 5.41) is 0. The summed E-state index contributed by atoms with van der Waals surface area (Å²) in [6.07, 6.45) is 0. The molecule has 1 N–H and O–H groups in total. The highest BCUT2D eigenvalue weighted by atomic mass is 32.2. The van der Waals surface area contributed by atoms with Crippen molar-refractivity contribution in [1.29, 1.82) is 0 Å². The van der Waals surface area contributed by atoms with Crippen LogP contribution in [0.4, 0.5) is 13.2 Å². The third-order valence-electron chi connectivity index (χ3n) is 1.57. The van der Waals surface area contributed by atoms with E-state index in [1.807, 2.05) is 18.6 Å². The van der Waals surface area contributed by atoms with Crippen molar-refractivity contribution >= 4 is 10.0 Å². The summed E-state index contributed by atoms with van der Waals surface area (Å²) in [5.41, 5.74) is 0. The molecule has 0 fully saturated rings. The molecule has 0 heterocycles. The van der Waals surface area contributed by atoms with E-state index in [2.05, 4.69) is 0 Å². The fourth-order valence-corrected chi connectivity index (χ4v) is 2.20. The van der Waals surface area contributed by atoms with Crippen molar-refractivity contribution in [3.8, 4) is 0 Å². The first-order valence-electron chi connectivity index (χ1n) is 5.02. The van der Waals surface area contributed by atoms with Crippen LogP contribution in [0.15, 0.2) is 17.0 Å². The second-order valence-corrected chi connectivity index (χ2v) is 4.40. The molecule has 0 aromatic heterocycles. The summed E-state index contributed by atoms with van der Waals surface area (Å²) in [4.78, 5) is -1.16. The first kappa shape index (κ1) is 15.9. The molecule has 0 bridgehead atoms. The minimum atomic E-state index is -4.26. The van der Waals surface area contributed by atoms with E-state index in [4.69, 9.17) is 0 Å². The van der Waals surface area contributed by atoms with Crippen molar-refractivity contribution < 1.29 is 21.6 Å². The Morgan fingerprint density at radius 3 is 1.88 bits per heavy atom. The molecule has 0 saturated carbocycles. The van der Waals surface area contributed by atoms with E-state index in [0.29, 0.717) is 12.1 Å². The SMILES string of the molecule is CC.CCNS(=O)(=O)c1c(F)cc(F)cc1F. The monoisotopic (exact) mass is 269 g/mol. The molecule has 17 heavy (non-hydrogen) atoms. The topological polar surface area (TPSA) is 46.2 Å². The van der Waals surface area contributed by atoms with E-state index in [9.17, 15) is 21.6 Å². The van der Waals surface area contributed by atoms with E-state index in [1.165, 1.54) is 6.92 Å². The Morgan fingerprint density at radius 1 is 1.12 bits per heavy atom. The average Bonchev–Trinajstić information content (AvgIpc) is 2.18. The fourth-order valence-electron chi connectivity index (χ4n) is 1.05. The summed E-state index contributed by atoms with van der Waals surface area (Å²) in [5.74, 6) is -4.07. The largest absolute Gasteiger partial charge is 0.246 e. The van der Waals surface area contributed by atoms with Crippen LogP contribution < -0.4 is 4.72 Å². The van der Waals surface area contributed by atoms with Crippen LogP contribution in [0.1, 0.15) is 20.8 Å². The van der Waals surface area contributed by atoms with Gasteiger partial charge in [-0.05, 0) is 0 Å². The summed E-state index contributed by atoms with van der Waals surface area (Å²) in [6.45, 7) is 5.44. The van der Waals surface area contributed by atoms with Gasteiger partial charge in [0.1, 0.15) is 17.5 Å². The second kappa shape index (κ2) is 6.61. The molecule has 0 aliphatic rings. The molecule has 0 aliphatic heterocycles. The van der Waals surface area contributed by atoms with Crippen LogP contribution in [0, 0.1) is 17.5 Å². The maximum atomic E-state index is 13.0. The van der Waals surface area contributed by atoms with Crippen LogP contribution in [0.3, 0.4) is 0 Å². The van der Waals surface area contributed by atoms with Crippen LogP contribution in [0.25, 0.3) is 0 Å². The molecular weight excluding hydrogens is 255 g/mol. The van der Waals surface area contributed by atoms with Gasteiger partial charge in [0.2, 0.25) is 10.0 Å².